The fourth-order valence-corrected chi connectivity index (χ4v) is 11.3. The lowest BCUT2D eigenvalue weighted by Gasteiger charge is -2.72. The van der Waals surface area contributed by atoms with Gasteiger partial charge in [0.05, 0.1) is 5.41 Å². The van der Waals surface area contributed by atoms with Crippen LogP contribution in [0.2, 0.25) is 0 Å². The summed E-state index contributed by atoms with van der Waals surface area (Å²) in [4.78, 5) is 39.9. The molecule has 0 spiro atoms. The first-order valence-corrected chi connectivity index (χ1v) is 15.4. The molecule has 0 radical (unpaired) electrons. The zero-order valence-electron chi connectivity index (χ0n) is 23.7. The van der Waals surface area contributed by atoms with E-state index in [4.69, 9.17) is 14.4 Å². The van der Waals surface area contributed by atoms with Crippen molar-refractivity contribution in [2.24, 2.45) is 56.7 Å². The number of carboxylic acid groups (broad SMARTS) is 1. The summed E-state index contributed by atoms with van der Waals surface area (Å²) in [5.74, 6) is 2.07. The van der Waals surface area contributed by atoms with E-state index in [1.165, 1.54) is 18.4 Å². The van der Waals surface area contributed by atoms with E-state index >= 15 is 0 Å². The topological polar surface area (TPSA) is 112 Å². The molecule has 0 saturated heterocycles. The second-order valence-corrected chi connectivity index (χ2v) is 15.1. The summed E-state index contributed by atoms with van der Waals surface area (Å²) in [5.41, 5.74) is 1.03. The molecule has 5 aliphatic rings. The van der Waals surface area contributed by atoms with Crippen LogP contribution in [0.15, 0.2) is 12.2 Å². The first-order chi connectivity index (χ1) is 17.0. The molecule has 5 saturated carbocycles. The predicted molar refractivity (Wildman–Crippen MR) is 144 cm³/mol. The fourth-order valence-electron chi connectivity index (χ4n) is 11.3. The van der Waals surface area contributed by atoms with Gasteiger partial charge in [-0.05, 0) is 111 Å². The van der Waals surface area contributed by atoms with Crippen molar-refractivity contribution in [3.63, 3.8) is 0 Å². The molecule has 9 atom stereocenters. The minimum atomic E-state index is -2.87. The molecule has 5 aliphatic carbocycles. The quantitative estimate of drug-likeness (QED) is 0.261. The van der Waals surface area contributed by atoms with Crippen LogP contribution in [0.5, 0.6) is 0 Å². The number of hydrogen-bond donors (Lipinski definition) is 3. The minimum Gasteiger partial charge on any atom is -0.481 e. The van der Waals surface area contributed by atoms with Crippen LogP contribution in [0, 0.1) is 56.7 Å². The second kappa shape index (κ2) is 9.24. The van der Waals surface area contributed by atoms with Gasteiger partial charge in [0.15, 0.2) is 0 Å². The number of fused-ring (bicyclic) bond motifs is 7. The highest BCUT2D eigenvalue weighted by Crippen LogP contribution is 2.77. The lowest BCUT2D eigenvalue weighted by atomic mass is 9.32. The first-order valence-electron chi connectivity index (χ1n) is 14.3. The van der Waals surface area contributed by atoms with Gasteiger partial charge >= 0.3 is 14.2 Å². The summed E-state index contributed by atoms with van der Waals surface area (Å²) >= 11 is 0. The molecule has 5 rings (SSSR count). The van der Waals surface area contributed by atoms with Gasteiger partial charge in [0, 0.05) is 16.4 Å². The van der Waals surface area contributed by atoms with Gasteiger partial charge < -0.3 is 5.11 Å². The third-order valence-corrected chi connectivity index (χ3v) is 13.2. The van der Waals surface area contributed by atoms with Gasteiger partial charge in [-0.3, -0.25) is 9.59 Å². The van der Waals surface area contributed by atoms with Crippen LogP contribution in [-0.2, 0) is 14.2 Å². The van der Waals surface area contributed by atoms with Crippen molar-refractivity contribution in [3.05, 3.63) is 12.2 Å². The van der Waals surface area contributed by atoms with Gasteiger partial charge in [0.25, 0.3) is 0 Å². The number of carbonyl (C=O) groups is 2. The van der Waals surface area contributed by atoms with Crippen LogP contribution in [0.1, 0.15) is 106 Å². The highest BCUT2D eigenvalue weighted by molar-refractivity contribution is 7.30. The summed E-state index contributed by atoms with van der Waals surface area (Å²) in [6.07, 6.45) is 10.1. The molecule has 0 aromatic rings. The fraction of sp³-hybridized carbons (Fsp3) is 0.867. The molecule has 7 heteroatoms. The Labute approximate surface area is 223 Å². The zero-order chi connectivity index (χ0) is 27.8. The summed E-state index contributed by atoms with van der Waals surface area (Å²) in [5, 5.41) is 10.5. The van der Waals surface area contributed by atoms with Crippen molar-refractivity contribution >= 4 is 20.0 Å². The van der Waals surface area contributed by atoms with Crippen molar-refractivity contribution in [2.75, 3.05) is 0 Å². The van der Waals surface area contributed by atoms with Crippen LogP contribution in [0.3, 0.4) is 0 Å². The highest BCUT2D eigenvalue weighted by atomic mass is 31.1. The molecular formula is C30H48O6P+. The summed E-state index contributed by atoms with van der Waals surface area (Å²) < 4.78 is 8.70. The number of hydrogen-bond acceptors (Lipinski definition) is 3. The van der Waals surface area contributed by atoms with Gasteiger partial charge in [-0.15, -0.1) is 9.79 Å². The Morgan fingerprint density at radius 1 is 0.892 bits per heavy atom. The van der Waals surface area contributed by atoms with E-state index in [1.54, 1.807) is 0 Å². The third-order valence-electron chi connectivity index (χ3n) is 13.2. The monoisotopic (exact) mass is 535 g/mol. The van der Waals surface area contributed by atoms with Crippen molar-refractivity contribution < 1.29 is 29.0 Å². The summed E-state index contributed by atoms with van der Waals surface area (Å²) in [6.45, 7) is 18.5. The Morgan fingerprint density at radius 3 is 2.08 bits per heavy atom. The number of ketones is 1. The Bertz CT molecular complexity index is 1000. The molecule has 0 aliphatic heterocycles. The maximum Gasteiger partial charge on any atom is 0.692 e. The van der Waals surface area contributed by atoms with Gasteiger partial charge in [0.2, 0.25) is 0 Å². The van der Waals surface area contributed by atoms with Gasteiger partial charge in [0.1, 0.15) is 5.78 Å². The van der Waals surface area contributed by atoms with E-state index in [-0.39, 0.29) is 27.6 Å². The van der Waals surface area contributed by atoms with Crippen LogP contribution in [0.4, 0.5) is 0 Å². The number of allylic oxidation sites excluding steroid dienone is 1. The van der Waals surface area contributed by atoms with Crippen LogP contribution in [0.25, 0.3) is 0 Å². The maximum atomic E-state index is 12.9. The lowest BCUT2D eigenvalue weighted by Crippen LogP contribution is -2.66. The van der Waals surface area contributed by atoms with Crippen molar-refractivity contribution in [1.29, 1.82) is 0 Å². The Morgan fingerprint density at radius 2 is 1.51 bits per heavy atom. The van der Waals surface area contributed by atoms with E-state index in [0.29, 0.717) is 29.5 Å². The molecule has 0 heterocycles. The minimum absolute atomic E-state index is 0.164. The highest BCUT2D eigenvalue weighted by Gasteiger charge is 2.72. The van der Waals surface area contributed by atoms with Crippen molar-refractivity contribution in [1.82, 2.24) is 0 Å². The van der Waals surface area contributed by atoms with E-state index in [1.807, 2.05) is 0 Å². The molecular weight excluding hydrogens is 487 g/mol. The van der Waals surface area contributed by atoms with E-state index in [9.17, 15) is 14.7 Å². The molecule has 208 valence electrons. The molecule has 0 aromatic carbocycles. The number of rotatable bonds is 2. The summed E-state index contributed by atoms with van der Waals surface area (Å²) in [6, 6.07) is 0. The molecule has 6 nitrogen and oxygen atoms in total. The zero-order valence-corrected chi connectivity index (χ0v) is 24.6. The van der Waals surface area contributed by atoms with Crippen LogP contribution < -0.4 is 0 Å². The Kier molecular flexibility index (Phi) is 7.21. The van der Waals surface area contributed by atoms with Crippen molar-refractivity contribution in [3.8, 4) is 0 Å². The molecule has 3 N–H and O–H groups in total. The number of carbonyl (C=O) groups excluding carboxylic acids is 1. The third kappa shape index (κ3) is 3.94. The van der Waals surface area contributed by atoms with Gasteiger partial charge in [-0.1, -0.05) is 46.8 Å². The number of aliphatic carboxylic acids is 1. The number of carboxylic acids is 1. The largest absolute Gasteiger partial charge is 0.692 e. The second-order valence-electron chi connectivity index (χ2n) is 14.5. The molecule has 5 fully saturated rings. The molecule has 37 heavy (non-hydrogen) atoms. The van der Waals surface area contributed by atoms with Gasteiger partial charge in [-0.25, -0.2) is 0 Å². The van der Waals surface area contributed by atoms with Crippen LogP contribution >= 0.6 is 8.25 Å². The van der Waals surface area contributed by atoms with E-state index in [0.717, 1.165) is 51.4 Å². The summed E-state index contributed by atoms with van der Waals surface area (Å²) in [7, 11) is -2.87. The number of Topliss-reactive ketones (excluding diaryl/α,β-unsaturated/α-hetero) is 1. The standard InChI is InChI=1S/C30H46O3.HO3P/c1-18(2)19-10-15-30(25(32)33)17-16-28(6)20(24(19)30)8-9-22-27(5)13-12-23(31)26(3,4)21(27)11-14-29(22,28)7;1-4(2)3/h19-22,24H,1,8-17H2,2-7H3,(H,32,33);(H-,1,2,3)/p+1/t19-,20+,21-,22+,24+,27-,28+,29+,30-;/m0./s1. The smallest absolute Gasteiger partial charge is 0.481 e. The molecule has 0 bridgehead atoms. The average Bonchev–Trinajstić information content (AvgIpc) is 3.18. The normalized spacial score (nSPS) is 47.8. The Balaban J connectivity index is 0.000000747. The van der Waals surface area contributed by atoms with Crippen LogP contribution in [-0.4, -0.2) is 26.6 Å². The van der Waals surface area contributed by atoms with E-state index < -0.39 is 19.6 Å². The predicted octanol–water partition coefficient (Wildman–Crippen LogP) is 6.93. The first kappa shape index (κ1) is 28.9. The lowest BCUT2D eigenvalue weighted by molar-refractivity contribution is -0.235. The van der Waals surface area contributed by atoms with E-state index in [2.05, 4.69) is 48.1 Å². The maximum absolute atomic E-state index is 12.9. The molecule has 0 aromatic heterocycles. The SMILES string of the molecule is C=C(C)[C@@H]1CC[C@]2(C(=O)O)CC[C@]3(C)[C@H](CC[C@@H]4[C@@]5(C)CCC(=O)C(C)(C)[C@@H]5CC[C@]43C)[C@@H]12.O=[P+](O)O. The Hall–Kier alpha value is -1.10. The average molecular weight is 536 g/mol. The molecule has 0 amide bonds. The van der Waals surface area contributed by atoms with Gasteiger partial charge in [-0.2, -0.15) is 0 Å². The van der Waals surface area contributed by atoms with Crippen molar-refractivity contribution in [2.45, 2.75) is 106 Å². The molecule has 0 unspecified atom stereocenters.